The van der Waals surface area contributed by atoms with Crippen LogP contribution in [0.3, 0.4) is 0 Å². The summed E-state index contributed by atoms with van der Waals surface area (Å²) in [5, 5.41) is 9.10. The van der Waals surface area contributed by atoms with Crippen LogP contribution >= 0.6 is 22.6 Å². The quantitative estimate of drug-likeness (QED) is 0.449. The summed E-state index contributed by atoms with van der Waals surface area (Å²) < 4.78 is -0.126. The molecule has 0 saturated heterocycles. The van der Waals surface area contributed by atoms with E-state index in [4.69, 9.17) is 5.11 Å². The maximum Gasteiger partial charge on any atom is 0.412 e. The molecule has 2 aliphatic rings. The van der Waals surface area contributed by atoms with E-state index in [2.05, 4.69) is 27.6 Å². The van der Waals surface area contributed by atoms with Gasteiger partial charge in [-0.1, -0.05) is 46.9 Å². The average Bonchev–Trinajstić information content (AvgIpc) is 2.67. The summed E-state index contributed by atoms with van der Waals surface area (Å²) in [5.74, 6) is 0.0490. The molecule has 0 aliphatic carbocycles. The molecule has 1 aromatic carbocycles. The molecule has 1 amide bonds. The Morgan fingerprint density at radius 1 is 1.41 bits per heavy atom. The van der Waals surface area contributed by atoms with Gasteiger partial charge in [0, 0.05) is 12.4 Å². The molecule has 0 radical (unpaired) electrons. The lowest BCUT2D eigenvalue weighted by Gasteiger charge is -2.24. The van der Waals surface area contributed by atoms with Crippen LogP contribution in [-0.4, -0.2) is 26.4 Å². The molecule has 0 bridgehead atoms. The Kier molecular flexibility index (Phi) is 2.43. The first-order valence-corrected chi connectivity index (χ1v) is 6.43. The van der Waals surface area contributed by atoms with Crippen molar-refractivity contribution in [2.75, 3.05) is 0 Å². The van der Waals surface area contributed by atoms with Crippen LogP contribution in [0.1, 0.15) is 17.0 Å². The molecule has 0 spiro atoms. The first-order valence-electron chi connectivity index (χ1n) is 5.18. The number of amides is 1. The van der Waals surface area contributed by atoms with Crippen LogP contribution in [0.5, 0.6) is 0 Å². The fraction of sp³-hybridized carbons (Fsp3) is 0.167. The summed E-state index contributed by atoms with van der Waals surface area (Å²) in [6.07, 6.45) is 2.49. The van der Waals surface area contributed by atoms with Crippen LogP contribution < -0.4 is 0 Å². The third-order valence-corrected chi connectivity index (χ3v) is 4.35. The smallest absolute Gasteiger partial charge is 0.412 e. The van der Waals surface area contributed by atoms with Crippen molar-refractivity contribution in [3.63, 3.8) is 0 Å². The van der Waals surface area contributed by atoms with E-state index in [0.717, 1.165) is 16.8 Å². The van der Waals surface area contributed by atoms with Crippen molar-refractivity contribution in [3.8, 4) is 0 Å². The highest BCUT2D eigenvalue weighted by Gasteiger charge is 2.39. The van der Waals surface area contributed by atoms with Crippen molar-refractivity contribution in [3.05, 3.63) is 47.3 Å². The van der Waals surface area contributed by atoms with E-state index in [9.17, 15) is 4.79 Å². The van der Waals surface area contributed by atoms with Gasteiger partial charge in [-0.25, -0.2) is 4.79 Å². The summed E-state index contributed by atoms with van der Waals surface area (Å²) >= 11 is 2.16. The monoisotopic (exact) mass is 340 g/mol. The minimum Gasteiger partial charge on any atom is -0.465 e. The van der Waals surface area contributed by atoms with Crippen LogP contribution in [-0.2, 0) is 0 Å². The molecule has 0 saturated carbocycles. The molecule has 5 heteroatoms. The highest BCUT2D eigenvalue weighted by atomic mass is 127. The van der Waals surface area contributed by atoms with E-state index in [0.29, 0.717) is 0 Å². The van der Waals surface area contributed by atoms with E-state index in [1.807, 2.05) is 24.3 Å². The second-order valence-corrected chi connectivity index (χ2v) is 5.26. The van der Waals surface area contributed by atoms with Crippen molar-refractivity contribution in [2.24, 2.45) is 4.99 Å². The Morgan fingerprint density at radius 3 is 2.94 bits per heavy atom. The van der Waals surface area contributed by atoms with Gasteiger partial charge >= 0.3 is 6.09 Å². The van der Waals surface area contributed by atoms with Crippen LogP contribution in [0, 0.1) is 0 Å². The largest absolute Gasteiger partial charge is 0.465 e. The van der Waals surface area contributed by atoms with Gasteiger partial charge in [0.15, 0.2) is 0 Å². The number of alkyl halides is 1. The molecule has 86 valence electrons. The van der Waals surface area contributed by atoms with Gasteiger partial charge in [-0.3, -0.25) is 9.89 Å². The lowest BCUT2D eigenvalue weighted by Crippen LogP contribution is -2.30. The van der Waals surface area contributed by atoms with Crippen molar-refractivity contribution in [1.29, 1.82) is 0 Å². The molecule has 1 N–H and O–H groups in total. The third-order valence-electron chi connectivity index (χ3n) is 3.04. The van der Waals surface area contributed by atoms with Crippen molar-refractivity contribution in [1.82, 2.24) is 4.90 Å². The average molecular weight is 340 g/mol. The highest BCUT2D eigenvalue weighted by Crippen LogP contribution is 2.43. The highest BCUT2D eigenvalue weighted by molar-refractivity contribution is 14.1. The summed E-state index contributed by atoms with van der Waals surface area (Å²) in [4.78, 5) is 16.8. The number of carboxylic acid groups (broad SMARTS) is 1. The number of hydrogen-bond acceptors (Lipinski definition) is 2. The number of halogens is 1. The minimum absolute atomic E-state index is 0.0490. The van der Waals surface area contributed by atoms with E-state index < -0.39 is 6.09 Å². The van der Waals surface area contributed by atoms with Gasteiger partial charge in [0.2, 0.25) is 0 Å². The zero-order valence-electron chi connectivity index (χ0n) is 8.75. The fourth-order valence-corrected chi connectivity index (χ4v) is 3.39. The Hall–Kier alpha value is -1.37. The van der Waals surface area contributed by atoms with Crippen LogP contribution in [0.4, 0.5) is 4.79 Å². The summed E-state index contributed by atoms with van der Waals surface area (Å²) in [6.45, 7) is 0. The number of nitrogens with zero attached hydrogens (tertiary/aromatic N) is 2. The molecule has 17 heavy (non-hydrogen) atoms. The van der Waals surface area contributed by atoms with Gasteiger partial charge in [-0.05, 0) is 11.1 Å². The molecule has 4 nitrogen and oxygen atoms in total. The van der Waals surface area contributed by atoms with Crippen molar-refractivity contribution < 1.29 is 9.90 Å². The zero-order valence-corrected chi connectivity index (χ0v) is 10.9. The minimum atomic E-state index is -0.931. The van der Waals surface area contributed by atoms with E-state index in [-0.39, 0.29) is 9.97 Å². The second-order valence-electron chi connectivity index (χ2n) is 3.98. The van der Waals surface area contributed by atoms with E-state index in [1.54, 1.807) is 12.4 Å². The summed E-state index contributed by atoms with van der Waals surface area (Å²) in [7, 11) is 0. The van der Waals surface area contributed by atoms with Crippen molar-refractivity contribution in [2.45, 2.75) is 9.97 Å². The molecule has 2 unspecified atom stereocenters. The van der Waals surface area contributed by atoms with Crippen LogP contribution in [0.2, 0.25) is 0 Å². The number of rotatable bonds is 0. The maximum atomic E-state index is 11.1. The number of aliphatic imine (C=N–C) groups is 1. The predicted octanol–water partition coefficient (Wildman–Crippen LogP) is 2.80. The lowest BCUT2D eigenvalue weighted by molar-refractivity contribution is 0.163. The summed E-state index contributed by atoms with van der Waals surface area (Å²) in [6, 6.07) is 7.98. The number of fused-ring (bicyclic) bond motifs is 3. The van der Waals surface area contributed by atoms with Gasteiger partial charge in [-0.15, -0.1) is 0 Å². The summed E-state index contributed by atoms with van der Waals surface area (Å²) in [5.41, 5.74) is 3.05. The van der Waals surface area contributed by atoms with E-state index in [1.165, 1.54) is 4.90 Å². The molecule has 0 aromatic heterocycles. The normalized spacial score (nSPS) is 25.2. The SMILES string of the molecule is O=C(O)N1C=C2N=Cc3ccccc3C2C1I. The molecule has 1 aromatic rings. The van der Waals surface area contributed by atoms with Gasteiger partial charge in [0.25, 0.3) is 0 Å². The topological polar surface area (TPSA) is 52.9 Å². The predicted molar refractivity (Wildman–Crippen MR) is 72.5 cm³/mol. The van der Waals surface area contributed by atoms with Gasteiger partial charge in [0.1, 0.15) is 4.05 Å². The standard InChI is InChI=1S/C12H9IN2O2/c13-11-10-8-4-2-1-3-7(8)5-14-9(10)6-15(11)12(16)17/h1-6,10-11H,(H,16,17). The maximum absolute atomic E-state index is 11.1. The third kappa shape index (κ3) is 1.56. The van der Waals surface area contributed by atoms with Crippen molar-refractivity contribution >= 4 is 34.9 Å². The Morgan fingerprint density at radius 2 is 2.18 bits per heavy atom. The number of hydrogen-bond donors (Lipinski definition) is 1. The Bertz CT molecular complexity index is 553. The Balaban J connectivity index is 2.10. The van der Waals surface area contributed by atoms with E-state index >= 15 is 0 Å². The zero-order chi connectivity index (χ0) is 12.0. The number of benzene rings is 1. The molecule has 2 aliphatic heterocycles. The molecule has 0 fully saturated rings. The molecule has 2 heterocycles. The van der Waals surface area contributed by atoms with Crippen LogP contribution in [0.15, 0.2) is 41.2 Å². The molecule has 2 atom stereocenters. The Labute approximate surface area is 112 Å². The fourth-order valence-electron chi connectivity index (χ4n) is 2.23. The first kappa shape index (κ1) is 10.8. The first-order chi connectivity index (χ1) is 8.18. The molecular formula is C12H9IN2O2. The second kappa shape index (κ2) is 3.83. The van der Waals surface area contributed by atoms with Crippen LogP contribution in [0.25, 0.3) is 0 Å². The lowest BCUT2D eigenvalue weighted by atomic mass is 9.91. The molecular weight excluding hydrogens is 331 g/mol. The van der Waals surface area contributed by atoms with Gasteiger partial charge in [-0.2, -0.15) is 0 Å². The number of carbonyl (C=O) groups is 1. The van der Waals surface area contributed by atoms with Gasteiger partial charge < -0.3 is 5.11 Å². The molecule has 3 rings (SSSR count). The van der Waals surface area contributed by atoms with Gasteiger partial charge in [0.05, 0.1) is 11.6 Å².